The molecule has 3 aliphatic rings. The maximum absolute atomic E-state index is 12.8. The molecule has 0 saturated carbocycles. The molecule has 1 spiro atoms. The topological polar surface area (TPSA) is 81.9 Å². The smallest absolute Gasteiger partial charge is 0.415 e. The number of nitro benzene ring substituents is 1. The highest BCUT2D eigenvalue weighted by Gasteiger charge is 2.54. The number of carbonyl (C=O) groups is 1. The zero-order valence-corrected chi connectivity index (χ0v) is 16.7. The number of fused-ring (bicyclic) bond motifs is 2. The number of benzene rings is 2. The third kappa shape index (κ3) is 2.84. The first-order valence-electron chi connectivity index (χ1n) is 10.1. The van der Waals surface area contributed by atoms with Crippen LogP contribution in [0.4, 0.5) is 10.5 Å². The highest BCUT2D eigenvalue weighted by atomic mass is 16.6. The molecule has 2 aromatic carbocycles. The number of non-ortho nitro benzene ring substituents is 1. The van der Waals surface area contributed by atoms with E-state index < -0.39 is 11.0 Å². The molecule has 7 nitrogen and oxygen atoms in total. The minimum absolute atomic E-state index is 0.0178. The summed E-state index contributed by atoms with van der Waals surface area (Å²) in [4.78, 5) is 24.9. The highest BCUT2D eigenvalue weighted by molar-refractivity contribution is 5.80. The Morgan fingerprint density at radius 2 is 1.97 bits per heavy atom. The lowest BCUT2D eigenvalue weighted by Crippen LogP contribution is -2.36. The average molecular weight is 406 g/mol. The molecule has 1 amide bonds. The monoisotopic (exact) mass is 406 g/mol. The van der Waals surface area contributed by atoms with Crippen molar-refractivity contribution in [2.75, 3.05) is 20.2 Å². The number of carbonyl (C=O) groups excluding carboxylic acids is 1. The molecule has 30 heavy (non-hydrogen) atoms. The van der Waals surface area contributed by atoms with Crippen molar-refractivity contribution < 1.29 is 19.2 Å². The van der Waals surface area contributed by atoms with Gasteiger partial charge in [0.1, 0.15) is 11.5 Å². The van der Waals surface area contributed by atoms with Gasteiger partial charge in [-0.25, -0.2) is 4.79 Å². The zero-order chi connectivity index (χ0) is 20.9. The maximum Gasteiger partial charge on any atom is 0.415 e. The molecule has 154 valence electrons. The van der Waals surface area contributed by atoms with E-state index in [9.17, 15) is 14.9 Å². The largest absolute Gasteiger partial charge is 0.497 e. The maximum atomic E-state index is 12.8. The number of nitrogens with zero attached hydrogens (tertiary/aromatic N) is 2. The quantitative estimate of drug-likeness (QED) is 0.555. The van der Waals surface area contributed by atoms with E-state index in [4.69, 9.17) is 9.47 Å². The Kier molecular flexibility index (Phi) is 4.27. The van der Waals surface area contributed by atoms with Crippen LogP contribution in [0.5, 0.6) is 11.5 Å². The van der Waals surface area contributed by atoms with Crippen LogP contribution in [0.15, 0.2) is 48.5 Å². The van der Waals surface area contributed by atoms with E-state index in [1.807, 2.05) is 6.07 Å². The summed E-state index contributed by atoms with van der Waals surface area (Å²) in [7, 11) is 1.68. The predicted octanol–water partition coefficient (Wildman–Crippen LogP) is 4.45. The van der Waals surface area contributed by atoms with Gasteiger partial charge in [0.2, 0.25) is 0 Å². The van der Waals surface area contributed by atoms with Crippen molar-refractivity contribution >= 4 is 17.4 Å². The molecule has 2 aromatic rings. The predicted molar refractivity (Wildman–Crippen MR) is 111 cm³/mol. The Morgan fingerprint density at radius 1 is 1.20 bits per heavy atom. The van der Waals surface area contributed by atoms with Crippen molar-refractivity contribution in [2.24, 2.45) is 11.3 Å². The van der Waals surface area contributed by atoms with E-state index >= 15 is 0 Å². The SMILES string of the molecule is COc1ccc2c(c1)CC[C@]13CN(C(=O)Oc4ccc([N+](=O)[O-])cc4)C[C@H]1CC=C23. The number of rotatable bonds is 3. The second kappa shape index (κ2) is 6.86. The first kappa shape index (κ1) is 18.7. The van der Waals surface area contributed by atoms with Crippen LogP contribution in [0.2, 0.25) is 0 Å². The standard InChI is InChI=1S/C23H22N2O5/c1-29-19-7-8-20-15(12-19)10-11-23-14-24(13-16(23)2-9-21(20)23)22(26)30-18-5-3-17(4-6-18)25(27)28/h3-9,12,16H,2,10-11,13-14H2,1H3/t16-,23+/m1/s1. The summed E-state index contributed by atoms with van der Waals surface area (Å²) in [6, 6.07) is 11.9. The third-order valence-corrected chi connectivity index (χ3v) is 6.79. The fourth-order valence-corrected chi connectivity index (χ4v) is 5.30. The fourth-order valence-electron chi connectivity index (χ4n) is 5.30. The summed E-state index contributed by atoms with van der Waals surface area (Å²) in [5.74, 6) is 1.59. The Bertz CT molecular complexity index is 1060. The molecular weight excluding hydrogens is 384 g/mol. The van der Waals surface area contributed by atoms with Crippen molar-refractivity contribution in [3.05, 3.63) is 69.8 Å². The highest BCUT2D eigenvalue weighted by Crippen LogP contribution is 2.58. The van der Waals surface area contributed by atoms with E-state index in [2.05, 4.69) is 18.2 Å². The number of allylic oxidation sites excluding steroid dienone is 1. The lowest BCUT2D eigenvalue weighted by atomic mass is 9.66. The molecule has 0 radical (unpaired) electrons. The van der Waals surface area contributed by atoms with Crippen LogP contribution in [0.25, 0.3) is 5.57 Å². The Morgan fingerprint density at radius 3 is 2.70 bits per heavy atom. The second-order valence-electron chi connectivity index (χ2n) is 8.23. The molecule has 0 unspecified atom stereocenters. The molecular formula is C23H22N2O5. The molecule has 1 aliphatic heterocycles. The van der Waals surface area contributed by atoms with Gasteiger partial charge in [0.15, 0.2) is 0 Å². The van der Waals surface area contributed by atoms with Gasteiger partial charge in [-0.3, -0.25) is 10.1 Å². The average Bonchev–Trinajstić information content (AvgIpc) is 3.29. The van der Waals surface area contributed by atoms with E-state index in [0.717, 1.165) is 25.0 Å². The van der Waals surface area contributed by atoms with Gasteiger partial charge in [-0.15, -0.1) is 0 Å². The normalized spacial score (nSPS) is 23.8. The number of ether oxygens (including phenoxy) is 2. The van der Waals surface area contributed by atoms with Gasteiger partial charge in [0.05, 0.1) is 12.0 Å². The summed E-state index contributed by atoms with van der Waals surface area (Å²) >= 11 is 0. The molecule has 5 rings (SSSR count). The van der Waals surface area contributed by atoms with Crippen molar-refractivity contribution in [1.82, 2.24) is 4.90 Å². The van der Waals surface area contributed by atoms with Crippen LogP contribution in [0.3, 0.4) is 0 Å². The Hall–Kier alpha value is -3.35. The van der Waals surface area contributed by atoms with Crippen molar-refractivity contribution in [2.45, 2.75) is 19.3 Å². The van der Waals surface area contributed by atoms with Gasteiger partial charge >= 0.3 is 6.09 Å². The van der Waals surface area contributed by atoms with E-state index in [0.29, 0.717) is 24.8 Å². The van der Waals surface area contributed by atoms with Crippen molar-refractivity contribution in [3.8, 4) is 11.5 Å². The van der Waals surface area contributed by atoms with E-state index in [-0.39, 0.29) is 11.1 Å². The van der Waals surface area contributed by atoms with Crippen molar-refractivity contribution in [1.29, 1.82) is 0 Å². The summed E-state index contributed by atoms with van der Waals surface area (Å²) in [5, 5.41) is 10.8. The minimum atomic E-state index is -0.475. The molecule has 1 fully saturated rings. The molecule has 0 N–H and O–H groups in total. The zero-order valence-electron chi connectivity index (χ0n) is 16.7. The lowest BCUT2D eigenvalue weighted by molar-refractivity contribution is -0.384. The number of likely N-dealkylation sites (tertiary alicyclic amines) is 1. The van der Waals surface area contributed by atoms with Gasteiger partial charge < -0.3 is 14.4 Å². The van der Waals surface area contributed by atoms with E-state index in [1.54, 1.807) is 12.0 Å². The minimum Gasteiger partial charge on any atom is -0.497 e. The van der Waals surface area contributed by atoms with Gasteiger partial charge in [0.25, 0.3) is 5.69 Å². The molecule has 2 aliphatic carbocycles. The van der Waals surface area contributed by atoms with Gasteiger partial charge in [-0.05, 0) is 66.1 Å². The van der Waals surface area contributed by atoms with Crippen molar-refractivity contribution in [3.63, 3.8) is 0 Å². The van der Waals surface area contributed by atoms with Crippen LogP contribution in [-0.2, 0) is 6.42 Å². The summed E-state index contributed by atoms with van der Waals surface area (Å²) in [6.07, 6.45) is 4.87. The van der Waals surface area contributed by atoms with Crippen LogP contribution in [-0.4, -0.2) is 36.1 Å². The van der Waals surface area contributed by atoms with Crippen LogP contribution in [0, 0.1) is 21.4 Å². The molecule has 1 saturated heterocycles. The lowest BCUT2D eigenvalue weighted by Gasteiger charge is -2.37. The number of nitro groups is 1. The van der Waals surface area contributed by atoms with Crippen LogP contribution in [0.1, 0.15) is 24.0 Å². The summed E-state index contributed by atoms with van der Waals surface area (Å²) in [6.45, 7) is 1.30. The summed E-state index contributed by atoms with van der Waals surface area (Å²) in [5.41, 5.74) is 3.88. The first-order valence-corrected chi connectivity index (χ1v) is 10.1. The number of hydrogen-bond acceptors (Lipinski definition) is 5. The molecule has 1 heterocycles. The Balaban J connectivity index is 1.34. The van der Waals surface area contributed by atoms with Gasteiger partial charge in [0, 0.05) is 30.6 Å². The summed E-state index contributed by atoms with van der Waals surface area (Å²) < 4.78 is 10.9. The van der Waals surface area contributed by atoms with E-state index in [1.165, 1.54) is 41.0 Å². The molecule has 0 bridgehead atoms. The van der Waals surface area contributed by atoms with Gasteiger partial charge in [-0.1, -0.05) is 12.1 Å². The Labute approximate surface area is 174 Å². The second-order valence-corrected chi connectivity index (χ2v) is 8.23. The van der Waals surface area contributed by atoms with Crippen LogP contribution < -0.4 is 9.47 Å². The third-order valence-electron chi connectivity index (χ3n) is 6.79. The number of hydrogen-bond donors (Lipinski definition) is 0. The fraction of sp³-hybridized carbons (Fsp3) is 0.348. The number of methoxy groups -OCH3 is 1. The van der Waals surface area contributed by atoms with Crippen LogP contribution >= 0.6 is 0 Å². The number of aryl methyl sites for hydroxylation is 1. The first-order chi connectivity index (χ1) is 14.5. The molecule has 0 aromatic heterocycles. The molecule has 7 heteroatoms. The number of amides is 1. The molecule has 2 atom stereocenters. The van der Waals surface area contributed by atoms with Gasteiger partial charge in [-0.2, -0.15) is 0 Å².